The molecule has 0 saturated heterocycles. The van der Waals surface area contributed by atoms with Gasteiger partial charge in [0, 0.05) is 0 Å². The summed E-state index contributed by atoms with van der Waals surface area (Å²) in [7, 11) is -3.60. The van der Waals surface area contributed by atoms with Crippen LogP contribution in [0.15, 0.2) is 0 Å². The minimum Gasteiger partial charge on any atom is -0.287 e. The Balaban J connectivity index is 4.68. The van der Waals surface area contributed by atoms with Crippen LogP contribution in [-0.4, -0.2) is 18.8 Å². The van der Waals surface area contributed by atoms with Crippen molar-refractivity contribution in [2.75, 3.05) is 13.2 Å². The van der Waals surface area contributed by atoms with Crippen LogP contribution in [-0.2, 0) is 18.1 Å². The van der Waals surface area contributed by atoms with Crippen LogP contribution in [0.2, 0.25) is 0 Å². The van der Waals surface area contributed by atoms with Crippen molar-refractivity contribution >= 4 is 7.82 Å². The lowest BCUT2D eigenvalue weighted by Gasteiger charge is -2.25. The molecule has 0 saturated carbocycles. The van der Waals surface area contributed by atoms with Gasteiger partial charge in [-0.05, 0) is 27.2 Å². The maximum atomic E-state index is 11.9. The van der Waals surface area contributed by atoms with Gasteiger partial charge < -0.3 is 0 Å². The summed E-state index contributed by atoms with van der Waals surface area (Å²) in [4.78, 5) is 0. The minimum atomic E-state index is -3.60. The molecule has 0 aromatic rings. The number of phosphoric acid groups is 1. The van der Waals surface area contributed by atoms with Crippen LogP contribution < -0.4 is 0 Å². The number of hydrogen-bond acceptors (Lipinski definition) is 5. The van der Waals surface area contributed by atoms with Crippen molar-refractivity contribution < 1.29 is 18.1 Å². The summed E-state index contributed by atoms with van der Waals surface area (Å²) >= 11 is 0. The van der Waals surface area contributed by atoms with Crippen molar-refractivity contribution in [1.82, 2.24) is 0 Å². The van der Waals surface area contributed by atoms with E-state index in [1.54, 1.807) is 27.7 Å². The first-order valence-corrected chi connectivity index (χ1v) is 6.42. The molecule has 0 bridgehead atoms. The third kappa shape index (κ3) is 4.76. The first kappa shape index (κ1) is 14.6. The summed E-state index contributed by atoms with van der Waals surface area (Å²) in [6.07, 6.45) is 0.410. The fourth-order valence-electron chi connectivity index (χ4n) is 0.817. The van der Waals surface area contributed by atoms with Gasteiger partial charge in [-0.15, -0.1) is 0 Å². The molecule has 0 aliphatic heterocycles. The first-order valence-electron chi connectivity index (χ1n) is 4.96. The second kappa shape index (κ2) is 6.24. The highest BCUT2D eigenvalue weighted by Gasteiger charge is 2.36. The molecule has 1 atom stereocenters. The highest BCUT2D eigenvalue weighted by molar-refractivity contribution is 7.48. The van der Waals surface area contributed by atoms with Crippen molar-refractivity contribution in [3.63, 3.8) is 0 Å². The van der Waals surface area contributed by atoms with Crippen molar-refractivity contribution in [3.8, 4) is 6.07 Å². The topological polar surface area (TPSA) is 68.6 Å². The van der Waals surface area contributed by atoms with Gasteiger partial charge >= 0.3 is 7.82 Å². The average Bonchev–Trinajstić information content (AvgIpc) is 2.18. The molecule has 88 valence electrons. The van der Waals surface area contributed by atoms with Gasteiger partial charge in [0.2, 0.25) is 0 Å². The second-order valence-electron chi connectivity index (χ2n) is 3.07. The van der Waals surface area contributed by atoms with Crippen LogP contribution in [0.5, 0.6) is 0 Å². The first-order chi connectivity index (χ1) is 6.95. The zero-order valence-electron chi connectivity index (χ0n) is 9.65. The molecule has 0 aliphatic rings. The van der Waals surface area contributed by atoms with Gasteiger partial charge in [0.1, 0.15) is 0 Å². The molecular weight excluding hydrogens is 217 g/mol. The molecule has 0 heterocycles. The van der Waals surface area contributed by atoms with Crippen LogP contribution in [0.3, 0.4) is 0 Å². The molecule has 0 aliphatic carbocycles. The quantitative estimate of drug-likeness (QED) is 0.634. The predicted octanol–water partition coefficient (Wildman–Crippen LogP) is 2.88. The lowest BCUT2D eigenvalue weighted by atomic mass is 10.1. The Morgan fingerprint density at radius 1 is 1.27 bits per heavy atom. The van der Waals surface area contributed by atoms with Gasteiger partial charge in [0.25, 0.3) is 0 Å². The number of phosphoric ester groups is 1. The average molecular weight is 235 g/mol. The molecule has 0 unspecified atom stereocenters. The molecule has 0 amide bonds. The maximum absolute atomic E-state index is 11.9. The van der Waals surface area contributed by atoms with Gasteiger partial charge in [-0.2, -0.15) is 5.26 Å². The second-order valence-corrected chi connectivity index (χ2v) is 4.66. The standard InChI is InChI=1S/C9H18NO4P/c1-5-9(4,8-10)14-15(11,12-6-2)13-7-3/h5-7H2,1-4H3/t9-/m1/s1. The Morgan fingerprint density at radius 2 is 1.73 bits per heavy atom. The third-order valence-corrected chi connectivity index (χ3v) is 3.57. The molecule has 15 heavy (non-hydrogen) atoms. The number of nitriles is 1. The van der Waals surface area contributed by atoms with Crippen molar-refractivity contribution in [3.05, 3.63) is 0 Å². The highest BCUT2D eigenvalue weighted by atomic mass is 31.2. The Labute approximate surface area is 90.9 Å². The van der Waals surface area contributed by atoms with E-state index in [0.29, 0.717) is 6.42 Å². The largest absolute Gasteiger partial charge is 0.476 e. The summed E-state index contributed by atoms with van der Waals surface area (Å²) in [5.41, 5.74) is -1.14. The van der Waals surface area contributed by atoms with E-state index in [-0.39, 0.29) is 13.2 Å². The van der Waals surface area contributed by atoms with Gasteiger partial charge in [0.15, 0.2) is 5.60 Å². The monoisotopic (exact) mass is 235 g/mol. The molecular formula is C9H18NO4P. The van der Waals surface area contributed by atoms with Gasteiger partial charge in [-0.3, -0.25) is 13.6 Å². The van der Waals surface area contributed by atoms with E-state index in [9.17, 15) is 4.57 Å². The van der Waals surface area contributed by atoms with E-state index in [1.807, 2.05) is 6.07 Å². The Hall–Kier alpha value is -0.400. The van der Waals surface area contributed by atoms with Crippen LogP contribution >= 0.6 is 7.82 Å². The fourth-order valence-corrected chi connectivity index (χ4v) is 2.29. The number of rotatable bonds is 7. The molecule has 0 radical (unpaired) electrons. The van der Waals surface area contributed by atoms with E-state index < -0.39 is 13.4 Å². The third-order valence-electron chi connectivity index (χ3n) is 1.80. The molecule has 0 fully saturated rings. The Kier molecular flexibility index (Phi) is 6.07. The van der Waals surface area contributed by atoms with Crippen molar-refractivity contribution in [1.29, 1.82) is 5.26 Å². The summed E-state index contributed by atoms with van der Waals surface area (Å²) in [6, 6.07) is 1.95. The van der Waals surface area contributed by atoms with E-state index in [0.717, 1.165) is 0 Å². The summed E-state index contributed by atoms with van der Waals surface area (Å²) in [5, 5.41) is 8.88. The smallest absolute Gasteiger partial charge is 0.287 e. The molecule has 0 aromatic carbocycles. The molecule has 6 heteroatoms. The van der Waals surface area contributed by atoms with Crippen LogP contribution in [0.1, 0.15) is 34.1 Å². The zero-order chi connectivity index (χ0) is 11.9. The molecule has 5 nitrogen and oxygen atoms in total. The molecule has 0 spiro atoms. The van der Waals surface area contributed by atoms with Crippen LogP contribution in [0, 0.1) is 11.3 Å². The van der Waals surface area contributed by atoms with Gasteiger partial charge in [-0.1, -0.05) is 6.92 Å². The van der Waals surface area contributed by atoms with E-state index >= 15 is 0 Å². The predicted molar refractivity (Wildman–Crippen MR) is 56.3 cm³/mol. The Bertz CT molecular complexity index is 266. The van der Waals surface area contributed by atoms with Gasteiger partial charge in [-0.25, -0.2) is 4.57 Å². The molecule has 0 N–H and O–H groups in total. The molecule has 0 aromatic heterocycles. The number of nitrogens with zero attached hydrogens (tertiary/aromatic N) is 1. The van der Waals surface area contributed by atoms with Crippen LogP contribution in [0.4, 0.5) is 0 Å². The Morgan fingerprint density at radius 3 is 2.00 bits per heavy atom. The lowest BCUT2D eigenvalue weighted by molar-refractivity contribution is 0.0550. The number of hydrogen-bond donors (Lipinski definition) is 0. The summed E-state index contributed by atoms with van der Waals surface area (Å²) < 4.78 is 26.9. The van der Waals surface area contributed by atoms with Crippen molar-refractivity contribution in [2.24, 2.45) is 0 Å². The van der Waals surface area contributed by atoms with Crippen LogP contribution in [0.25, 0.3) is 0 Å². The lowest BCUT2D eigenvalue weighted by Crippen LogP contribution is -2.25. The minimum absolute atomic E-state index is 0.211. The fraction of sp³-hybridized carbons (Fsp3) is 0.889. The summed E-state index contributed by atoms with van der Waals surface area (Å²) in [5.74, 6) is 0. The van der Waals surface area contributed by atoms with E-state index in [2.05, 4.69) is 0 Å². The summed E-state index contributed by atoms with van der Waals surface area (Å²) in [6.45, 7) is 7.11. The normalized spacial score (nSPS) is 15.7. The maximum Gasteiger partial charge on any atom is 0.476 e. The molecule has 0 rings (SSSR count). The van der Waals surface area contributed by atoms with Gasteiger partial charge in [0.05, 0.1) is 19.3 Å². The van der Waals surface area contributed by atoms with E-state index in [1.165, 1.54) is 0 Å². The highest BCUT2D eigenvalue weighted by Crippen LogP contribution is 2.52. The van der Waals surface area contributed by atoms with Crippen molar-refractivity contribution in [2.45, 2.75) is 39.7 Å². The zero-order valence-corrected chi connectivity index (χ0v) is 10.5. The van der Waals surface area contributed by atoms with E-state index in [4.69, 9.17) is 18.8 Å². The SMILES string of the molecule is CCOP(=O)(OCC)O[C@@](C)(C#N)CC.